The molecule has 2 aromatic rings. The van der Waals surface area contributed by atoms with Crippen molar-refractivity contribution in [2.75, 3.05) is 0 Å². The molecule has 4 heteroatoms. The summed E-state index contributed by atoms with van der Waals surface area (Å²) in [5.41, 5.74) is 1.57. The van der Waals surface area contributed by atoms with Crippen molar-refractivity contribution in [3.8, 4) is 0 Å². The summed E-state index contributed by atoms with van der Waals surface area (Å²) >= 11 is 3.33. The number of H-pyrrole nitrogens is 1. The molecular formula is C11H10BrFN2. The second kappa shape index (κ2) is 4.14. The van der Waals surface area contributed by atoms with E-state index < -0.39 is 0 Å². The topological polar surface area (TPSA) is 28.7 Å². The molecule has 0 spiro atoms. The Morgan fingerprint density at radius 2 is 2.13 bits per heavy atom. The molecule has 0 aliphatic carbocycles. The molecule has 1 heterocycles. The van der Waals surface area contributed by atoms with Gasteiger partial charge in [0.05, 0.1) is 5.69 Å². The van der Waals surface area contributed by atoms with E-state index in [1.54, 1.807) is 12.1 Å². The molecule has 1 aromatic heterocycles. The van der Waals surface area contributed by atoms with Gasteiger partial charge in [0.25, 0.3) is 0 Å². The molecule has 78 valence electrons. The van der Waals surface area contributed by atoms with E-state index in [9.17, 15) is 4.39 Å². The Labute approximate surface area is 95.7 Å². The molecular weight excluding hydrogens is 259 g/mol. The lowest BCUT2D eigenvalue weighted by atomic mass is 10.1. The third kappa shape index (κ3) is 2.26. The van der Waals surface area contributed by atoms with Gasteiger partial charge in [-0.25, -0.2) is 9.37 Å². The van der Waals surface area contributed by atoms with Gasteiger partial charge in [-0.2, -0.15) is 0 Å². The van der Waals surface area contributed by atoms with Crippen LogP contribution in [-0.2, 0) is 6.42 Å². The van der Waals surface area contributed by atoms with Gasteiger partial charge in [0.1, 0.15) is 16.2 Å². The van der Waals surface area contributed by atoms with E-state index in [1.807, 2.05) is 13.0 Å². The number of aromatic nitrogens is 2. The average Bonchev–Trinajstić information content (AvgIpc) is 2.49. The number of rotatable bonds is 2. The summed E-state index contributed by atoms with van der Waals surface area (Å²) in [4.78, 5) is 7.27. The number of hydrogen-bond donors (Lipinski definition) is 1. The van der Waals surface area contributed by atoms with E-state index in [0.29, 0.717) is 12.0 Å². The summed E-state index contributed by atoms with van der Waals surface area (Å²) in [5.74, 6) is 0.643. The van der Waals surface area contributed by atoms with Crippen LogP contribution in [0.4, 0.5) is 4.39 Å². The van der Waals surface area contributed by atoms with Crippen LogP contribution in [0, 0.1) is 12.7 Å². The van der Waals surface area contributed by atoms with Gasteiger partial charge in [-0.15, -0.1) is 0 Å². The van der Waals surface area contributed by atoms with Crippen molar-refractivity contribution in [1.29, 1.82) is 0 Å². The Balaban J connectivity index is 2.29. The zero-order chi connectivity index (χ0) is 10.8. The summed E-state index contributed by atoms with van der Waals surface area (Å²) < 4.78 is 14.1. The Kier molecular flexibility index (Phi) is 2.86. The van der Waals surface area contributed by atoms with E-state index in [0.717, 1.165) is 16.1 Å². The van der Waals surface area contributed by atoms with Gasteiger partial charge in [0.2, 0.25) is 0 Å². The molecule has 0 unspecified atom stereocenters. The van der Waals surface area contributed by atoms with Gasteiger partial charge in [0, 0.05) is 6.42 Å². The maximum atomic E-state index is 13.4. The Morgan fingerprint density at radius 1 is 1.40 bits per heavy atom. The summed E-state index contributed by atoms with van der Waals surface area (Å²) in [6.45, 7) is 1.87. The van der Waals surface area contributed by atoms with Crippen LogP contribution < -0.4 is 0 Å². The van der Waals surface area contributed by atoms with Crippen LogP contribution in [0.25, 0.3) is 0 Å². The average molecular weight is 269 g/mol. The molecule has 0 radical (unpaired) electrons. The maximum Gasteiger partial charge on any atom is 0.127 e. The molecule has 0 amide bonds. The van der Waals surface area contributed by atoms with Crippen molar-refractivity contribution in [3.05, 3.63) is 51.8 Å². The van der Waals surface area contributed by atoms with Gasteiger partial charge in [0.15, 0.2) is 0 Å². The monoisotopic (exact) mass is 268 g/mol. The van der Waals surface area contributed by atoms with Gasteiger partial charge >= 0.3 is 0 Å². The Hall–Kier alpha value is -1.16. The normalized spacial score (nSPS) is 10.6. The van der Waals surface area contributed by atoms with Crippen LogP contribution >= 0.6 is 15.9 Å². The lowest BCUT2D eigenvalue weighted by Gasteiger charge is -2.00. The Bertz CT molecular complexity index is 479. The summed E-state index contributed by atoms with van der Waals surface area (Å²) in [7, 11) is 0. The predicted molar refractivity (Wildman–Crippen MR) is 60.2 cm³/mol. The maximum absolute atomic E-state index is 13.4. The summed E-state index contributed by atoms with van der Waals surface area (Å²) in [6, 6.07) is 6.76. The zero-order valence-electron chi connectivity index (χ0n) is 8.22. The molecule has 1 aromatic carbocycles. The lowest BCUT2D eigenvalue weighted by Crippen LogP contribution is -1.93. The van der Waals surface area contributed by atoms with Crippen LogP contribution in [0.1, 0.15) is 17.1 Å². The van der Waals surface area contributed by atoms with Gasteiger partial charge in [-0.3, -0.25) is 0 Å². The number of imidazole rings is 1. The van der Waals surface area contributed by atoms with Gasteiger partial charge in [-0.1, -0.05) is 18.2 Å². The van der Waals surface area contributed by atoms with E-state index in [-0.39, 0.29) is 5.82 Å². The van der Waals surface area contributed by atoms with Crippen LogP contribution in [0.5, 0.6) is 0 Å². The fourth-order valence-corrected chi connectivity index (χ4v) is 1.97. The molecule has 15 heavy (non-hydrogen) atoms. The number of halogens is 2. The second-order valence-electron chi connectivity index (χ2n) is 3.36. The number of nitrogens with zero attached hydrogens (tertiary/aromatic N) is 1. The molecule has 0 atom stereocenters. The highest BCUT2D eigenvalue weighted by Crippen LogP contribution is 2.18. The first-order chi connectivity index (χ1) is 7.16. The minimum absolute atomic E-state index is 0.184. The fraction of sp³-hybridized carbons (Fsp3) is 0.182. The van der Waals surface area contributed by atoms with Crippen molar-refractivity contribution in [2.24, 2.45) is 0 Å². The number of benzene rings is 1. The molecule has 0 bridgehead atoms. The quantitative estimate of drug-likeness (QED) is 0.891. The standard InChI is InChI=1S/C11H10BrFN2/c1-7-14-10(11(12)15-7)6-8-4-2-3-5-9(8)13/h2-5H,6H2,1H3,(H,14,15). The largest absolute Gasteiger partial charge is 0.345 e. The van der Waals surface area contributed by atoms with Crippen molar-refractivity contribution >= 4 is 15.9 Å². The fourth-order valence-electron chi connectivity index (χ4n) is 1.46. The highest BCUT2D eigenvalue weighted by Gasteiger charge is 2.08. The first-order valence-corrected chi connectivity index (χ1v) is 5.40. The lowest BCUT2D eigenvalue weighted by molar-refractivity contribution is 0.613. The van der Waals surface area contributed by atoms with E-state index in [1.165, 1.54) is 6.07 Å². The second-order valence-corrected chi connectivity index (χ2v) is 4.11. The minimum Gasteiger partial charge on any atom is -0.345 e. The predicted octanol–water partition coefficient (Wildman–Crippen LogP) is 3.21. The molecule has 2 rings (SSSR count). The van der Waals surface area contributed by atoms with Gasteiger partial charge in [-0.05, 0) is 34.5 Å². The SMILES string of the molecule is Cc1nc(Br)c(Cc2ccccc2F)[nH]1. The third-order valence-corrected chi connectivity index (χ3v) is 2.83. The molecule has 0 saturated carbocycles. The van der Waals surface area contributed by atoms with Crippen LogP contribution in [0.15, 0.2) is 28.9 Å². The molecule has 0 aliphatic rings. The Morgan fingerprint density at radius 3 is 2.73 bits per heavy atom. The van der Waals surface area contributed by atoms with Crippen molar-refractivity contribution < 1.29 is 4.39 Å². The number of nitrogens with one attached hydrogen (secondary N) is 1. The van der Waals surface area contributed by atoms with Crippen molar-refractivity contribution in [3.63, 3.8) is 0 Å². The smallest absolute Gasteiger partial charge is 0.127 e. The first-order valence-electron chi connectivity index (χ1n) is 4.61. The molecule has 2 nitrogen and oxygen atoms in total. The van der Waals surface area contributed by atoms with Crippen LogP contribution in [0.3, 0.4) is 0 Å². The highest BCUT2D eigenvalue weighted by atomic mass is 79.9. The van der Waals surface area contributed by atoms with Crippen molar-refractivity contribution in [2.45, 2.75) is 13.3 Å². The molecule has 0 fully saturated rings. The minimum atomic E-state index is -0.184. The molecule has 0 saturated heterocycles. The van der Waals surface area contributed by atoms with Crippen molar-refractivity contribution in [1.82, 2.24) is 9.97 Å². The zero-order valence-corrected chi connectivity index (χ0v) is 9.81. The van der Waals surface area contributed by atoms with Gasteiger partial charge < -0.3 is 4.98 Å². The van der Waals surface area contributed by atoms with E-state index >= 15 is 0 Å². The summed E-state index contributed by atoms with van der Waals surface area (Å²) in [6.07, 6.45) is 0.522. The number of hydrogen-bond acceptors (Lipinski definition) is 1. The van der Waals surface area contributed by atoms with E-state index in [2.05, 4.69) is 25.9 Å². The summed E-state index contributed by atoms with van der Waals surface area (Å²) in [5, 5.41) is 0. The number of aryl methyl sites for hydroxylation is 1. The van der Waals surface area contributed by atoms with Crippen LogP contribution in [-0.4, -0.2) is 9.97 Å². The molecule has 1 N–H and O–H groups in total. The first kappa shape index (κ1) is 10.4. The van der Waals surface area contributed by atoms with E-state index in [4.69, 9.17) is 0 Å². The number of aromatic amines is 1. The highest BCUT2D eigenvalue weighted by molar-refractivity contribution is 9.10. The van der Waals surface area contributed by atoms with Crippen LogP contribution in [0.2, 0.25) is 0 Å². The third-order valence-electron chi connectivity index (χ3n) is 2.17. The molecule has 0 aliphatic heterocycles.